The lowest BCUT2D eigenvalue weighted by Gasteiger charge is -2.10. The van der Waals surface area contributed by atoms with Crippen molar-refractivity contribution in [2.24, 2.45) is 0 Å². The molecule has 0 fully saturated rings. The minimum absolute atomic E-state index is 0.183. The maximum Gasteiger partial charge on any atom is 0.257 e. The summed E-state index contributed by atoms with van der Waals surface area (Å²) in [5.74, 6) is 2.07. The van der Waals surface area contributed by atoms with Crippen LogP contribution in [0.1, 0.15) is 21.5 Å². The zero-order valence-electron chi connectivity index (χ0n) is 16.9. The van der Waals surface area contributed by atoms with Crippen LogP contribution in [0.5, 0.6) is 11.5 Å². The van der Waals surface area contributed by atoms with E-state index < -0.39 is 0 Å². The molecule has 2 N–H and O–H groups in total. The highest BCUT2D eigenvalue weighted by Gasteiger charge is 2.07. The Kier molecular flexibility index (Phi) is 6.68. The number of rotatable bonds is 8. The summed E-state index contributed by atoms with van der Waals surface area (Å²) in [5.41, 5.74) is 3.50. The van der Waals surface area contributed by atoms with E-state index in [1.807, 2.05) is 50.2 Å². The van der Waals surface area contributed by atoms with Crippen LogP contribution in [0.2, 0.25) is 0 Å². The summed E-state index contributed by atoms with van der Waals surface area (Å²) < 4.78 is 10.8. The first-order chi connectivity index (χ1) is 14.0. The van der Waals surface area contributed by atoms with Crippen molar-refractivity contribution in [3.8, 4) is 11.5 Å². The average Bonchev–Trinajstić information content (AvgIpc) is 2.71. The van der Waals surface area contributed by atoms with Crippen molar-refractivity contribution in [3.05, 3.63) is 77.5 Å². The topological polar surface area (TPSA) is 72.5 Å². The number of hydrogen-bond acceptors (Lipinski definition) is 5. The first-order valence-electron chi connectivity index (χ1n) is 9.40. The van der Waals surface area contributed by atoms with Gasteiger partial charge in [-0.1, -0.05) is 6.07 Å². The molecule has 0 aliphatic carbocycles. The number of amides is 1. The molecule has 0 unspecified atom stereocenters. The number of methoxy groups -OCH3 is 1. The van der Waals surface area contributed by atoms with E-state index in [2.05, 4.69) is 21.7 Å². The van der Waals surface area contributed by atoms with Crippen molar-refractivity contribution < 1.29 is 14.3 Å². The summed E-state index contributed by atoms with van der Waals surface area (Å²) in [7, 11) is 1.63. The Labute approximate surface area is 170 Å². The van der Waals surface area contributed by atoms with Crippen molar-refractivity contribution in [1.29, 1.82) is 0 Å². The van der Waals surface area contributed by atoms with E-state index in [4.69, 9.17) is 9.47 Å². The SMILES string of the molecule is COc1ccc(OCCNc2ccc(C(=O)Nc3cc(C)cc(C)c3)cn2)cc1. The monoisotopic (exact) mass is 391 g/mol. The van der Waals surface area contributed by atoms with Gasteiger partial charge < -0.3 is 20.1 Å². The van der Waals surface area contributed by atoms with Crippen molar-refractivity contribution in [2.75, 3.05) is 30.9 Å². The summed E-state index contributed by atoms with van der Waals surface area (Å²) in [4.78, 5) is 16.7. The van der Waals surface area contributed by atoms with Gasteiger partial charge in [-0.3, -0.25) is 4.79 Å². The van der Waals surface area contributed by atoms with Crippen molar-refractivity contribution >= 4 is 17.4 Å². The molecule has 0 radical (unpaired) electrons. The molecular weight excluding hydrogens is 366 g/mol. The highest BCUT2D eigenvalue weighted by molar-refractivity contribution is 6.04. The lowest BCUT2D eigenvalue weighted by molar-refractivity contribution is 0.102. The number of nitrogens with zero attached hydrogens (tertiary/aromatic N) is 1. The fourth-order valence-corrected chi connectivity index (χ4v) is 2.90. The number of carbonyl (C=O) groups excluding carboxylic acids is 1. The highest BCUT2D eigenvalue weighted by atomic mass is 16.5. The molecule has 2 aromatic carbocycles. The van der Waals surface area contributed by atoms with Gasteiger partial charge in [0.25, 0.3) is 5.91 Å². The molecule has 0 spiro atoms. The zero-order valence-corrected chi connectivity index (χ0v) is 16.9. The van der Waals surface area contributed by atoms with E-state index in [-0.39, 0.29) is 5.91 Å². The third kappa shape index (κ3) is 5.97. The molecule has 6 heteroatoms. The van der Waals surface area contributed by atoms with Gasteiger partial charge in [0, 0.05) is 11.9 Å². The van der Waals surface area contributed by atoms with Crippen LogP contribution in [0.3, 0.4) is 0 Å². The van der Waals surface area contributed by atoms with Gasteiger partial charge in [0.05, 0.1) is 19.2 Å². The summed E-state index contributed by atoms with van der Waals surface area (Å²) in [6.07, 6.45) is 1.56. The predicted octanol–water partition coefficient (Wildman–Crippen LogP) is 4.45. The maximum absolute atomic E-state index is 12.4. The molecule has 0 aliphatic heterocycles. The Bertz CT molecular complexity index is 934. The standard InChI is InChI=1S/C23H25N3O3/c1-16-12-17(2)14-19(13-16)26-23(27)18-4-9-22(25-15-18)24-10-11-29-21-7-5-20(28-3)6-8-21/h4-9,12-15H,10-11H2,1-3H3,(H,24,25)(H,26,27). The van der Waals surface area contributed by atoms with Crippen molar-refractivity contribution in [2.45, 2.75) is 13.8 Å². The number of aromatic nitrogens is 1. The molecule has 0 saturated heterocycles. The molecule has 29 heavy (non-hydrogen) atoms. The summed E-state index contributed by atoms with van der Waals surface area (Å²) in [6.45, 7) is 5.09. The van der Waals surface area contributed by atoms with Gasteiger partial charge in [-0.25, -0.2) is 4.98 Å². The van der Waals surface area contributed by atoms with E-state index in [1.54, 1.807) is 25.4 Å². The van der Waals surface area contributed by atoms with Gasteiger partial charge >= 0.3 is 0 Å². The number of nitrogens with one attached hydrogen (secondary N) is 2. The maximum atomic E-state index is 12.4. The van der Waals surface area contributed by atoms with Gasteiger partial charge in [-0.2, -0.15) is 0 Å². The van der Waals surface area contributed by atoms with E-state index in [0.29, 0.717) is 24.5 Å². The molecule has 1 amide bonds. The number of pyridine rings is 1. The molecule has 1 aromatic heterocycles. The molecule has 150 valence electrons. The van der Waals surface area contributed by atoms with Crippen LogP contribution in [0.15, 0.2) is 60.8 Å². The van der Waals surface area contributed by atoms with Crippen LogP contribution in [-0.4, -0.2) is 31.2 Å². The van der Waals surface area contributed by atoms with Crippen LogP contribution in [0, 0.1) is 13.8 Å². The minimum Gasteiger partial charge on any atom is -0.497 e. The molecule has 0 saturated carbocycles. The number of benzene rings is 2. The zero-order chi connectivity index (χ0) is 20.6. The Hall–Kier alpha value is -3.54. The van der Waals surface area contributed by atoms with Crippen LogP contribution < -0.4 is 20.1 Å². The van der Waals surface area contributed by atoms with E-state index in [1.165, 1.54) is 0 Å². The fourth-order valence-electron chi connectivity index (χ4n) is 2.90. The normalized spacial score (nSPS) is 10.3. The predicted molar refractivity (Wildman–Crippen MR) is 115 cm³/mol. The minimum atomic E-state index is -0.183. The second-order valence-electron chi connectivity index (χ2n) is 6.71. The first kappa shape index (κ1) is 20.2. The Morgan fingerprint density at radius 3 is 2.28 bits per heavy atom. The van der Waals surface area contributed by atoms with Crippen molar-refractivity contribution in [1.82, 2.24) is 4.98 Å². The molecular formula is C23H25N3O3. The van der Waals surface area contributed by atoms with Gasteiger partial charge in [0.1, 0.15) is 23.9 Å². The summed E-state index contributed by atoms with van der Waals surface area (Å²) >= 11 is 0. The fraction of sp³-hybridized carbons (Fsp3) is 0.217. The first-order valence-corrected chi connectivity index (χ1v) is 9.40. The Morgan fingerprint density at radius 1 is 0.966 bits per heavy atom. The van der Waals surface area contributed by atoms with Crippen LogP contribution in [0.4, 0.5) is 11.5 Å². The third-order valence-electron chi connectivity index (χ3n) is 4.24. The third-order valence-corrected chi connectivity index (χ3v) is 4.24. The lowest BCUT2D eigenvalue weighted by atomic mass is 10.1. The van der Waals surface area contributed by atoms with Crippen molar-refractivity contribution in [3.63, 3.8) is 0 Å². The largest absolute Gasteiger partial charge is 0.497 e. The van der Waals surface area contributed by atoms with Crippen LogP contribution >= 0.6 is 0 Å². The van der Waals surface area contributed by atoms with Gasteiger partial charge in [-0.05, 0) is 73.5 Å². The summed E-state index contributed by atoms with van der Waals surface area (Å²) in [5, 5.41) is 6.09. The number of carbonyl (C=O) groups is 1. The second kappa shape index (κ2) is 9.59. The molecule has 3 rings (SSSR count). The smallest absolute Gasteiger partial charge is 0.257 e. The highest BCUT2D eigenvalue weighted by Crippen LogP contribution is 2.17. The van der Waals surface area contributed by atoms with Gasteiger partial charge in [0.2, 0.25) is 0 Å². The Morgan fingerprint density at radius 2 is 1.66 bits per heavy atom. The molecule has 3 aromatic rings. The molecule has 0 atom stereocenters. The molecule has 1 heterocycles. The van der Waals surface area contributed by atoms with Crippen LogP contribution in [-0.2, 0) is 0 Å². The molecule has 6 nitrogen and oxygen atoms in total. The number of anilines is 2. The van der Waals surface area contributed by atoms with Gasteiger partial charge in [-0.15, -0.1) is 0 Å². The lowest BCUT2D eigenvalue weighted by Crippen LogP contribution is -2.14. The summed E-state index contributed by atoms with van der Waals surface area (Å²) in [6, 6.07) is 16.9. The average molecular weight is 391 g/mol. The Balaban J connectivity index is 1.47. The van der Waals surface area contributed by atoms with Crippen LogP contribution in [0.25, 0.3) is 0 Å². The molecule has 0 bridgehead atoms. The number of hydrogen-bond donors (Lipinski definition) is 2. The molecule has 0 aliphatic rings. The van der Waals surface area contributed by atoms with E-state index in [0.717, 1.165) is 28.3 Å². The van der Waals surface area contributed by atoms with Gasteiger partial charge in [0.15, 0.2) is 0 Å². The van der Waals surface area contributed by atoms with E-state index in [9.17, 15) is 4.79 Å². The quantitative estimate of drug-likeness (QED) is 0.555. The number of ether oxygens (including phenoxy) is 2. The number of aryl methyl sites for hydroxylation is 2. The van der Waals surface area contributed by atoms with E-state index >= 15 is 0 Å². The second-order valence-corrected chi connectivity index (χ2v) is 6.71.